The van der Waals surface area contributed by atoms with Crippen LogP contribution in [0.2, 0.25) is 0 Å². The lowest BCUT2D eigenvalue weighted by atomic mass is 10.0. The lowest BCUT2D eigenvalue weighted by Gasteiger charge is -2.34. The van der Waals surface area contributed by atoms with Crippen molar-refractivity contribution in [2.75, 3.05) is 26.7 Å². The lowest BCUT2D eigenvalue weighted by molar-refractivity contribution is -0.135. The van der Waals surface area contributed by atoms with E-state index in [9.17, 15) is 9.59 Å². The number of nitrogens with one attached hydrogen (secondary N) is 2. The van der Waals surface area contributed by atoms with Crippen LogP contribution in [-0.2, 0) is 4.79 Å². The first-order valence-corrected chi connectivity index (χ1v) is 7.91. The standard InChI is InChI=1S/C17H25N3O2/c1-13(12-18-2)17(22)20-10-8-15(9-11-20)19-16(21)14-6-4-3-5-7-14/h3-7,13,15,18H,8-12H2,1-2H3,(H,19,21). The Morgan fingerprint density at radius 2 is 1.86 bits per heavy atom. The maximum atomic E-state index is 12.2. The quantitative estimate of drug-likeness (QED) is 0.861. The number of likely N-dealkylation sites (tertiary alicyclic amines) is 1. The number of hydrogen-bond donors (Lipinski definition) is 2. The van der Waals surface area contributed by atoms with Crippen molar-refractivity contribution < 1.29 is 9.59 Å². The molecule has 1 atom stereocenters. The summed E-state index contributed by atoms with van der Waals surface area (Å²) in [6.07, 6.45) is 1.63. The molecule has 2 N–H and O–H groups in total. The topological polar surface area (TPSA) is 61.4 Å². The monoisotopic (exact) mass is 303 g/mol. The van der Waals surface area contributed by atoms with Crippen LogP contribution < -0.4 is 10.6 Å². The van der Waals surface area contributed by atoms with Crippen molar-refractivity contribution in [1.29, 1.82) is 0 Å². The molecule has 2 amide bonds. The highest BCUT2D eigenvalue weighted by molar-refractivity contribution is 5.94. The smallest absolute Gasteiger partial charge is 0.251 e. The minimum absolute atomic E-state index is 0.000426. The number of piperidine rings is 1. The zero-order chi connectivity index (χ0) is 15.9. The summed E-state index contributed by atoms with van der Waals surface area (Å²) in [6.45, 7) is 4.07. The largest absolute Gasteiger partial charge is 0.349 e. The van der Waals surface area contributed by atoms with E-state index in [-0.39, 0.29) is 23.8 Å². The Hall–Kier alpha value is -1.88. The van der Waals surface area contributed by atoms with E-state index in [1.807, 2.05) is 49.2 Å². The van der Waals surface area contributed by atoms with Gasteiger partial charge in [-0.05, 0) is 32.0 Å². The average molecular weight is 303 g/mol. The molecule has 22 heavy (non-hydrogen) atoms. The highest BCUT2D eigenvalue weighted by Gasteiger charge is 2.26. The molecular formula is C17H25N3O2. The molecule has 1 aliphatic heterocycles. The van der Waals surface area contributed by atoms with Gasteiger partial charge >= 0.3 is 0 Å². The number of carbonyl (C=O) groups excluding carboxylic acids is 2. The first kappa shape index (κ1) is 16.5. The fraction of sp³-hybridized carbons (Fsp3) is 0.529. The van der Waals surface area contributed by atoms with Gasteiger partial charge in [-0.1, -0.05) is 25.1 Å². The minimum Gasteiger partial charge on any atom is -0.349 e. The summed E-state index contributed by atoms with van der Waals surface area (Å²) < 4.78 is 0. The molecule has 0 radical (unpaired) electrons. The maximum absolute atomic E-state index is 12.2. The molecule has 2 rings (SSSR count). The molecule has 120 valence electrons. The fourth-order valence-electron chi connectivity index (χ4n) is 2.81. The van der Waals surface area contributed by atoms with Crippen LogP contribution >= 0.6 is 0 Å². The van der Waals surface area contributed by atoms with Gasteiger partial charge in [0, 0.05) is 37.2 Å². The van der Waals surface area contributed by atoms with E-state index in [2.05, 4.69) is 10.6 Å². The summed E-state index contributed by atoms with van der Waals surface area (Å²) >= 11 is 0. The van der Waals surface area contributed by atoms with Gasteiger partial charge in [0.15, 0.2) is 0 Å². The number of carbonyl (C=O) groups is 2. The summed E-state index contributed by atoms with van der Waals surface area (Å²) in [6, 6.07) is 9.39. The first-order valence-electron chi connectivity index (χ1n) is 7.91. The molecule has 0 spiro atoms. The average Bonchev–Trinajstić information content (AvgIpc) is 2.56. The normalized spacial score (nSPS) is 17.1. The van der Waals surface area contributed by atoms with E-state index in [1.54, 1.807) is 0 Å². The molecule has 1 fully saturated rings. The van der Waals surface area contributed by atoms with Crippen molar-refractivity contribution in [1.82, 2.24) is 15.5 Å². The molecule has 0 aliphatic carbocycles. The second kappa shape index (κ2) is 7.94. The zero-order valence-corrected chi connectivity index (χ0v) is 13.3. The Balaban J connectivity index is 1.80. The Bertz CT molecular complexity index is 496. The summed E-state index contributed by atoms with van der Waals surface area (Å²) in [5.41, 5.74) is 0.684. The second-order valence-corrected chi connectivity index (χ2v) is 5.90. The van der Waals surface area contributed by atoms with Gasteiger partial charge < -0.3 is 15.5 Å². The Labute approximate surface area is 132 Å². The molecular weight excluding hydrogens is 278 g/mol. The van der Waals surface area contributed by atoms with Gasteiger partial charge in [0.1, 0.15) is 0 Å². The van der Waals surface area contributed by atoms with Crippen LogP contribution in [0.1, 0.15) is 30.1 Å². The van der Waals surface area contributed by atoms with Crippen molar-refractivity contribution in [2.45, 2.75) is 25.8 Å². The van der Waals surface area contributed by atoms with Crippen LogP contribution in [0.15, 0.2) is 30.3 Å². The number of rotatable bonds is 5. The highest BCUT2D eigenvalue weighted by atomic mass is 16.2. The molecule has 0 bridgehead atoms. The Morgan fingerprint density at radius 3 is 2.45 bits per heavy atom. The van der Waals surface area contributed by atoms with E-state index in [0.29, 0.717) is 25.2 Å². The van der Waals surface area contributed by atoms with E-state index in [1.165, 1.54) is 0 Å². The number of benzene rings is 1. The van der Waals surface area contributed by atoms with Gasteiger partial charge in [-0.25, -0.2) is 0 Å². The van der Waals surface area contributed by atoms with E-state index in [4.69, 9.17) is 0 Å². The molecule has 1 aromatic rings. The summed E-state index contributed by atoms with van der Waals surface area (Å²) in [7, 11) is 1.86. The fourth-order valence-corrected chi connectivity index (χ4v) is 2.81. The zero-order valence-electron chi connectivity index (χ0n) is 13.3. The van der Waals surface area contributed by atoms with Crippen LogP contribution in [0.3, 0.4) is 0 Å². The van der Waals surface area contributed by atoms with Crippen molar-refractivity contribution in [3.05, 3.63) is 35.9 Å². The summed E-state index contributed by atoms with van der Waals surface area (Å²) in [5.74, 6) is 0.163. The number of amides is 2. The van der Waals surface area contributed by atoms with Gasteiger partial charge in [0.05, 0.1) is 0 Å². The van der Waals surface area contributed by atoms with E-state index in [0.717, 1.165) is 12.8 Å². The summed E-state index contributed by atoms with van der Waals surface area (Å²) in [4.78, 5) is 26.3. The molecule has 1 aliphatic rings. The lowest BCUT2D eigenvalue weighted by Crippen LogP contribution is -2.48. The van der Waals surface area contributed by atoms with Crippen molar-refractivity contribution >= 4 is 11.8 Å². The molecule has 1 unspecified atom stereocenters. The van der Waals surface area contributed by atoms with Gasteiger partial charge in [0.2, 0.25) is 5.91 Å². The van der Waals surface area contributed by atoms with Crippen LogP contribution in [0, 0.1) is 5.92 Å². The third-order valence-corrected chi connectivity index (χ3v) is 4.11. The van der Waals surface area contributed by atoms with Gasteiger partial charge in [0.25, 0.3) is 5.91 Å². The third-order valence-electron chi connectivity index (χ3n) is 4.11. The molecule has 1 aromatic carbocycles. The molecule has 5 nitrogen and oxygen atoms in total. The van der Waals surface area contributed by atoms with Crippen LogP contribution in [0.5, 0.6) is 0 Å². The predicted molar refractivity (Wildman–Crippen MR) is 86.6 cm³/mol. The van der Waals surface area contributed by atoms with Gasteiger partial charge in [-0.2, -0.15) is 0 Å². The predicted octanol–water partition coefficient (Wildman–Crippen LogP) is 1.26. The van der Waals surface area contributed by atoms with Gasteiger partial charge in [-0.3, -0.25) is 9.59 Å². The highest BCUT2D eigenvalue weighted by Crippen LogP contribution is 2.14. The Kier molecular flexibility index (Phi) is 5.95. The third kappa shape index (κ3) is 4.31. The van der Waals surface area contributed by atoms with E-state index >= 15 is 0 Å². The van der Waals surface area contributed by atoms with Crippen LogP contribution in [0.4, 0.5) is 0 Å². The number of hydrogen-bond acceptors (Lipinski definition) is 3. The van der Waals surface area contributed by atoms with Crippen molar-refractivity contribution in [3.63, 3.8) is 0 Å². The minimum atomic E-state index is -0.0334. The van der Waals surface area contributed by atoms with Crippen molar-refractivity contribution in [3.8, 4) is 0 Å². The number of nitrogens with zero attached hydrogens (tertiary/aromatic N) is 1. The second-order valence-electron chi connectivity index (χ2n) is 5.90. The molecule has 1 saturated heterocycles. The molecule has 5 heteroatoms. The van der Waals surface area contributed by atoms with Crippen LogP contribution in [0.25, 0.3) is 0 Å². The Morgan fingerprint density at radius 1 is 1.23 bits per heavy atom. The molecule has 0 saturated carbocycles. The van der Waals surface area contributed by atoms with E-state index < -0.39 is 0 Å². The van der Waals surface area contributed by atoms with Gasteiger partial charge in [-0.15, -0.1) is 0 Å². The molecule has 0 aromatic heterocycles. The van der Waals surface area contributed by atoms with Crippen LogP contribution in [-0.4, -0.2) is 49.4 Å². The molecule has 1 heterocycles. The summed E-state index contributed by atoms with van der Waals surface area (Å²) in [5, 5.41) is 6.10. The maximum Gasteiger partial charge on any atom is 0.251 e. The first-order chi connectivity index (χ1) is 10.6. The van der Waals surface area contributed by atoms with Crippen molar-refractivity contribution in [2.24, 2.45) is 5.92 Å². The SMILES string of the molecule is CNCC(C)C(=O)N1CCC(NC(=O)c2ccccc2)CC1.